The van der Waals surface area contributed by atoms with Gasteiger partial charge in [0.25, 0.3) is 0 Å². The molecule has 0 aliphatic rings. The standard InChI is InChI=1S/C22H24N4O/c1-17-23-14-12-20(26-17)16-25-22(27)24-15-13-21(18-8-4-2-5-9-18)19-10-6-3-7-11-19/h2-12,14,21H,13,15-16H2,1H3,(H2,24,25,27). The van der Waals surface area contributed by atoms with Gasteiger partial charge in [-0.2, -0.15) is 0 Å². The summed E-state index contributed by atoms with van der Waals surface area (Å²) in [6.07, 6.45) is 2.52. The number of hydrogen-bond donors (Lipinski definition) is 2. The quantitative estimate of drug-likeness (QED) is 0.673. The van der Waals surface area contributed by atoms with Crippen molar-refractivity contribution in [1.29, 1.82) is 0 Å². The van der Waals surface area contributed by atoms with Crippen LogP contribution in [0.25, 0.3) is 0 Å². The van der Waals surface area contributed by atoms with Gasteiger partial charge in [0.05, 0.1) is 12.2 Å². The largest absolute Gasteiger partial charge is 0.338 e. The maximum Gasteiger partial charge on any atom is 0.315 e. The molecule has 0 spiro atoms. The van der Waals surface area contributed by atoms with Gasteiger partial charge in [-0.25, -0.2) is 14.8 Å². The molecule has 3 rings (SSSR count). The van der Waals surface area contributed by atoms with Crippen LogP contribution < -0.4 is 10.6 Å². The topological polar surface area (TPSA) is 66.9 Å². The molecule has 2 amide bonds. The first-order valence-corrected chi connectivity index (χ1v) is 9.12. The Kier molecular flexibility index (Phi) is 6.52. The fraction of sp³-hybridized carbons (Fsp3) is 0.227. The monoisotopic (exact) mass is 360 g/mol. The molecule has 27 heavy (non-hydrogen) atoms. The van der Waals surface area contributed by atoms with E-state index in [1.807, 2.05) is 19.1 Å². The van der Waals surface area contributed by atoms with Gasteiger partial charge >= 0.3 is 6.03 Å². The van der Waals surface area contributed by atoms with Crippen molar-refractivity contribution in [1.82, 2.24) is 20.6 Å². The average Bonchev–Trinajstić information content (AvgIpc) is 2.71. The van der Waals surface area contributed by atoms with E-state index in [0.29, 0.717) is 18.9 Å². The Morgan fingerprint density at radius 1 is 0.926 bits per heavy atom. The molecular weight excluding hydrogens is 336 g/mol. The van der Waals surface area contributed by atoms with E-state index in [9.17, 15) is 4.79 Å². The summed E-state index contributed by atoms with van der Waals surface area (Å²) in [6, 6.07) is 22.4. The van der Waals surface area contributed by atoms with Gasteiger partial charge in [-0.1, -0.05) is 60.7 Å². The Balaban J connectivity index is 1.54. The molecule has 138 valence electrons. The first-order valence-electron chi connectivity index (χ1n) is 9.12. The molecule has 0 aliphatic heterocycles. The van der Waals surface area contributed by atoms with Crippen LogP contribution in [0.4, 0.5) is 4.79 Å². The van der Waals surface area contributed by atoms with Crippen LogP contribution in [-0.4, -0.2) is 22.5 Å². The summed E-state index contributed by atoms with van der Waals surface area (Å²) < 4.78 is 0. The lowest BCUT2D eigenvalue weighted by atomic mass is 9.88. The zero-order chi connectivity index (χ0) is 18.9. The number of amides is 2. The van der Waals surface area contributed by atoms with Gasteiger partial charge < -0.3 is 10.6 Å². The summed E-state index contributed by atoms with van der Waals surface area (Å²) in [6.45, 7) is 2.80. The Morgan fingerprint density at radius 2 is 1.56 bits per heavy atom. The number of benzene rings is 2. The van der Waals surface area contributed by atoms with E-state index in [1.165, 1.54) is 11.1 Å². The lowest BCUT2D eigenvalue weighted by Crippen LogP contribution is -2.36. The fourth-order valence-electron chi connectivity index (χ4n) is 3.06. The third kappa shape index (κ3) is 5.64. The van der Waals surface area contributed by atoms with Crippen molar-refractivity contribution in [2.45, 2.75) is 25.8 Å². The molecule has 3 aromatic rings. The van der Waals surface area contributed by atoms with Gasteiger partial charge in [-0.3, -0.25) is 0 Å². The summed E-state index contributed by atoms with van der Waals surface area (Å²) in [5.74, 6) is 0.945. The zero-order valence-electron chi connectivity index (χ0n) is 15.4. The second-order valence-corrected chi connectivity index (χ2v) is 6.37. The third-order valence-corrected chi connectivity index (χ3v) is 4.39. The first-order chi connectivity index (χ1) is 13.2. The van der Waals surface area contributed by atoms with Crippen LogP contribution in [0, 0.1) is 6.92 Å². The highest BCUT2D eigenvalue weighted by Gasteiger charge is 2.14. The summed E-state index contributed by atoms with van der Waals surface area (Å²) in [5, 5.41) is 5.78. The van der Waals surface area contributed by atoms with Crippen molar-refractivity contribution in [3.8, 4) is 0 Å². The minimum atomic E-state index is -0.189. The average molecular weight is 360 g/mol. The van der Waals surface area contributed by atoms with Gasteiger partial charge in [-0.05, 0) is 30.5 Å². The molecule has 2 N–H and O–H groups in total. The minimum Gasteiger partial charge on any atom is -0.338 e. The van der Waals surface area contributed by atoms with E-state index < -0.39 is 0 Å². The summed E-state index contributed by atoms with van der Waals surface area (Å²) in [5.41, 5.74) is 3.30. The SMILES string of the molecule is Cc1nccc(CNC(=O)NCCC(c2ccccc2)c2ccccc2)n1. The molecule has 1 aromatic heterocycles. The van der Waals surface area contributed by atoms with Crippen molar-refractivity contribution in [2.75, 3.05) is 6.54 Å². The number of aryl methyl sites for hydroxylation is 1. The van der Waals surface area contributed by atoms with Gasteiger partial charge in [0.15, 0.2) is 0 Å². The van der Waals surface area contributed by atoms with Crippen molar-refractivity contribution in [2.24, 2.45) is 0 Å². The highest BCUT2D eigenvalue weighted by Crippen LogP contribution is 2.27. The molecule has 0 radical (unpaired) electrons. The van der Waals surface area contributed by atoms with Crippen molar-refractivity contribution in [3.05, 3.63) is 95.6 Å². The van der Waals surface area contributed by atoms with E-state index >= 15 is 0 Å². The maximum atomic E-state index is 12.1. The molecule has 1 heterocycles. The second kappa shape index (κ2) is 9.48. The van der Waals surface area contributed by atoms with E-state index in [0.717, 1.165) is 12.1 Å². The number of hydrogen-bond acceptors (Lipinski definition) is 3. The van der Waals surface area contributed by atoms with Crippen molar-refractivity contribution < 1.29 is 4.79 Å². The third-order valence-electron chi connectivity index (χ3n) is 4.39. The van der Waals surface area contributed by atoms with E-state index in [2.05, 4.69) is 69.1 Å². The van der Waals surface area contributed by atoms with Crippen LogP contribution >= 0.6 is 0 Å². The van der Waals surface area contributed by atoms with E-state index in [4.69, 9.17) is 0 Å². The van der Waals surface area contributed by atoms with Gasteiger partial charge in [-0.15, -0.1) is 0 Å². The van der Waals surface area contributed by atoms with Crippen LogP contribution in [-0.2, 0) is 6.54 Å². The maximum absolute atomic E-state index is 12.1. The molecule has 0 bridgehead atoms. The highest BCUT2D eigenvalue weighted by molar-refractivity contribution is 5.73. The first kappa shape index (κ1) is 18.6. The highest BCUT2D eigenvalue weighted by atomic mass is 16.2. The molecular formula is C22H24N4O. The Morgan fingerprint density at radius 3 is 2.15 bits per heavy atom. The molecule has 0 saturated heterocycles. The lowest BCUT2D eigenvalue weighted by Gasteiger charge is -2.18. The summed E-state index contributed by atoms with van der Waals surface area (Å²) in [7, 11) is 0. The second-order valence-electron chi connectivity index (χ2n) is 6.37. The van der Waals surface area contributed by atoms with Gasteiger partial charge in [0, 0.05) is 18.7 Å². The van der Waals surface area contributed by atoms with Crippen molar-refractivity contribution >= 4 is 6.03 Å². The minimum absolute atomic E-state index is 0.189. The predicted octanol–water partition coefficient (Wildman–Crippen LogP) is 3.81. The number of nitrogens with one attached hydrogen (secondary N) is 2. The predicted molar refractivity (Wildman–Crippen MR) is 106 cm³/mol. The number of rotatable bonds is 7. The van der Waals surface area contributed by atoms with E-state index in [1.54, 1.807) is 12.3 Å². The molecule has 0 unspecified atom stereocenters. The number of carbonyl (C=O) groups excluding carboxylic acids is 1. The molecule has 5 nitrogen and oxygen atoms in total. The van der Waals surface area contributed by atoms with Gasteiger partial charge in [0.1, 0.15) is 5.82 Å². The molecule has 0 aliphatic carbocycles. The van der Waals surface area contributed by atoms with Crippen LogP contribution in [0.15, 0.2) is 72.9 Å². The van der Waals surface area contributed by atoms with Crippen LogP contribution in [0.5, 0.6) is 0 Å². The lowest BCUT2D eigenvalue weighted by molar-refractivity contribution is 0.240. The fourth-order valence-corrected chi connectivity index (χ4v) is 3.06. The summed E-state index contributed by atoms with van der Waals surface area (Å²) in [4.78, 5) is 20.4. The van der Waals surface area contributed by atoms with Crippen molar-refractivity contribution in [3.63, 3.8) is 0 Å². The molecule has 0 atom stereocenters. The summed E-state index contributed by atoms with van der Waals surface area (Å²) >= 11 is 0. The number of nitrogens with zero attached hydrogens (tertiary/aromatic N) is 2. The normalized spacial score (nSPS) is 10.6. The van der Waals surface area contributed by atoms with Crippen LogP contribution in [0.3, 0.4) is 0 Å². The smallest absolute Gasteiger partial charge is 0.315 e. The van der Waals surface area contributed by atoms with Gasteiger partial charge in [0.2, 0.25) is 0 Å². The Bertz CT molecular complexity index is 813. The number of aromatic nitrogens is 2. The molecule has 2 aromatic carbocycles. The number of urea groups is 1. The van der Waals surface area contributed by atoms with Crippen LogP contribution in [0.1, 0.15) is 35.0 Å². The van der Waals surface area contributed by atoms with E-state index in [-0.39, 0.29) is 11.9 Å². The molecule has 0 fully saturated rings. The van der Waals surface area contributed by atoms with Crippen LogP contribution in [0.2, 0.25) is 0 Å². The Hall–Kier alpha value is -3.21. The molecule has 0 saturated carbocycles. The number of carbonyl (C=O) groups is 1. The zero-order valence-corrected chi connectivity index (χ0v) is 15.4. The Labute approximate surface area is 159 Å². The molecule has 5 heteroatoms.